The molecule has 2 fully saturated rings. The van der Waals surface area contributed by atoms with Crippen LogP contribution in [0.25, 0.3) is 0 Å². The summed E-state index contributed by atoms with van der Waals surface area (Å²) in [6.45, 7) is 4.13. The highest BCUT2D eigenvalue weighted by atomic mass is 16.1. The summed E-state index contributed by atoms with van der Waals surface area (Å²) in [5, 5.41) is 0. The monoisotopic (exact) mass is 214 g/mol. The zero-order chi connectivity index (χ0) is 11.3. The minimum atomic E-state index is 0.371. The van der Waals surface area contributed by atoms with Gasteiger partial charge in [-0.05, 0) is 44.1 Å². The first-order chi connectivity index (χ1) is 7.68. The summed E-state index contributed by atoms with van der Waals surface area (Å²) in [4.78, 5) is 12.4. The van der Waals surface area contributed by atoms with Crippen molar-refractivity contribution in [2.45, 2.75) is 33.1 Å². The number of Topliss-reactive ketones (excluding diaryl/α,β-unsaturated/α-hetero) is 1. The number of carbonyl (C=O) groups is 1. The van der Waals surface area contributed by atoms with Gasteiger partial charge in [0, 0.05) is 11.5 Å². The number of hydrogen-bond acceptors (Lipinski definition) is 1. The molecular formula is C15H18O. The second kappa shape index (κ2) is 3.44. The summed E-state index contributed by atoms with van der Waals surface area (Å²) in [6.07, 6.45) is 3.91. The van der Waals surface area contributed by atoms with Crippen molar-refractivity contribution < 1.29 is 4.79 Å². The van der Waals surface area contributed by atoms with Crippen molar-refractivity contribution in [1.29, 1.82) is 0 Å². The van der Waals surface area contributed by atoms with Crippen LogP contribution >= 0.6 is 0 Å². The molecule has 1 heteroatoms. The van der Waals surface area contributed by atoms with Crippen LogP contribution in [0.4, 0.5) is 0 Å². The SMILES string of the molecule is Cc1ccc(C(=O)C2C3CCCC32)c(C)c1. The highest BCUT2D eigenvalue weighted by Crippen LogP contribution is 2.58. The number of carbonyl (C=O) groups excluding carboxylic acids is 1. The molecule has 0 aliphatic heterocycles. The van der Waals surface area contributed by atoms with Crippen LogP contribution in [0.5, 0.6) is 0 Å². The van der Waals surface area contributed by atoms with Gasteiger partial charge >= 0.3 is 0 Å². The molecule has 0 spiro atoms. The van der Waals surface area contributed by atoms with Gasteiger partial charge in [-0.2, -0.15) is 0 Å². The Hall–Kier alpha value is -1.11. The Bertz CT molecular complexity index is 437. The third-order valence-corrected chi connectivity index (χ3v) is 4.36. The van der Waals surface area contributed by atoms with Gasteiger partial charge in [-0.25, -0.2) is 0 Å². The summed E-state index contributed by atoms with van der Waals surface area (Å²) in [6, 6.07) is 6.19. The fourth-order valence-electron chi connectivity index (χ4n) is 3.48. The summed E-state index contributed by atoms with van der Waals surface area (Å²) in [5.74, 6) is 2.24. The Morgan fingerprint density at radius 1 is 1.19 bits per heavy atom. The van der Waals surface area contributed by atoms with E-state index in [1.807, 2.05) is 6.07 Å². The maximum atomic E-state index is 12.4. The van der Waals surface area contributed by atoms with E-state index < -0.39 is 0 Å². The van der Waals surface area contributed by atoms with E-state index in [4.69, 9.17) is 0 Å². The molecular weight excluding hydrogens is 196 g/mol. The van der Waals surface area contributed by atoms with Crippen LogP contribution in [0.15, 0.2) is 18.2 Å². The minimum Gasteiger partial charge on any atom is -0.294 e. The highest BCUT2D eigenvalue weighted by molar-refractivity contribution is 6.01. The molecule has 0 amide bonds. The molecule has 0 N–H and O–H groups in total. The van der Waals surface area contributed by atoms with Crippen molar-refractivity contribution in [3.05, 3.63) is 34.9 Å². The molecule has 0 heterocycles. The molecule has 3 rings (SSSR count). The standard InChI is InChI=1S/C15H18O/c1-9-6-7-11(10(2)8-9)15(16)14-12-4-3-5-13(12)14/h6-8,12-14H,3-5H2,1-2H3. The fourth-order valence-corrected chi connectivity index (χ4v) is 3.48. The largest absolute Gasteiger partial charge is 0.294 e. The predicted molar refractivity (Wildman–Crippen MR) is 64.6 cm³/mol. The molecule has 16 heavy (non-hydrogen) atoms. The van der Waals surface area contributed by atoms with Crippen LogP contribution < -0.4 is 0 Å². The van der Waals surface area contributed by atoms with Crippen molar-refractivity contribution in [3.63, 3.8) is 0 Å². The van der Waals surface area contributed by atoms with Crippen molar-refractivity contribution in [2.24, 2.45) is 17.8 Å². The zero-order valence-electron chi connectivity index (χ0n) is 9.99. The van der Waals surface area contributed by atoms with Crippen LogP contribution in [0, 0.1) is 31.6 Å². The molecule has 2 aliphatic rings. The normalized spacial score (nSPS) is 31.2. The molecule has 2 atom stereocenters. The topological polar surface area (TPSA) is 17.1 Å². The number of fused-ring (bicyclic) bond motifs is 1. The first-order valence-electron chi connectivity index (χ1n) is 6.30. The lowest BCUT2D eigenvalue weighted by Gasteiger charge is -2.07. The Morgan fingerprint density at radius 2 is 1.88 bits per heavy atom. The van der Waals surface area contributed by atoms with Gasteiger partial charge in [-0.3, -0.25) is 4.79 Å². The average molecular weight is 214 g/mol. The average Bonchev–Trinajstić information content (AvgIpc) is 2.71. The Kier molecular flexibility index (Phi) is 2.17. The van der Waals surface area contributed by atoms with Crippen LogP contribution in [0.1, 0.15) is 40.7 Å². The Morgan fingerprint density at radius 3 is 2.50 bits per heavy atom. The van der Waals surface area contributed by atoms with Gasteiger partial charge in [0.2, 0.25) is 0 Å². The van der Waals surface area contributed by atoms with Gasteiger partial charge in [-0.1, -0.05) is 30.2 Å². The molecule has 2 saturated carbocycles. The molecule has 2 aliphatic carbocycles. The molecule has 1 aromatic carbocycles. The maximum absolute atomic E-state index is 12.4. The molecule has 0 bridgehead atoms. The number of aryl methyl sites for hydroxylation is 2. The number of rotatable bonds is 2. The molecule has 1 aromatic rings. The summed E-state index contributed by atoms with van der Waals surface area (Å²) in [7, 11) is 0. The fraction of sp³-hybridized carbons (Fsp3) is 0.533. The molecule has 2 unspecified atom stereocenters. The molecule has 84 valence electrons. The van der Waals surface area contributed by atoms with Crippen molar-refractivity contribution in [1.82, 2.24) is 0 Å². The summed E-state index contributed by atoms with van der Waals surface area (Å²) >= 11 is 0. The predicted octanol–water partition coefficient (Wildman–Crippen LogP) is 3.53. The van der Waals surface area contributed by atoms with Gasteiger partial charge in [0.05, 0.1) is 0 Å². The third kappa shape index (κ3) is 1.41. The minimum absolute atomic E-state index is 0.371. The van der Waals surface area contributed by atoms with Crippen molar-refractivity contribution in [3.8, 4) is 0 Å². The molecule has 0 aromatic heterocycles. The highest BCUT2D eigenvalue weighted by Gasteiger charge is 2.56. The zero-order valence-corrected chi connectivity index (χ0v) is 9.99. The second-order valence-corrected chi connectivity index (χ2v) is 5.47. The van der Waals surface area contributed by atoms with Crippen LogP contribution in [-0.2, 0) is 0 Å². The van der Waals surface area contributed by atoms with E-state index in [2.05, 4.69) is 26.0 Å². The number of hydrogen-bond donors (Lipinski definition) is 0. The van der Waals surface area contributed by atoms with Gasteiger partial charge in [0.25, 0.3) is 0 Å². The number of benzene rings is 1. The van der Waals surface area contributed by atoms with Crippen molar-refractivity contribution in [2.75, 3.05) is 0 Å². The van der Waals surface area contributed by atoms with Gasteiger partial charge in [0.1, 0.15) is 0 Å². The summed E-state index contributed by atoms with van der Waals surface area (Å²) < 4.78 is 0. The first kappa shape index (κ1) is 10.1. The first-order valence-corrected chi connectivity index (χ1v) is 6.30. The molecule has 0 radical (unpaired) electrons. The second-order valence-electron chi connectivity index (χ2n) is 5.47. The lowest BCUT2D eigenvalue weighted by molar-refractivity contribution is 0.0951. The Labute approximate surface area is 96.9 Å². The molecule has 0 saturated heterocycles. The van der Waals surface area contributed by atoms with E-state index in [1.165, 1.54) is 24.8 Å². The quantitative estimate of drug-likeness (QED) is 0.688. The van der Waals surface area contributed by atoms with Gasteiger partial charge < -0.3 is 0 Å². The van der Waals surface area contributed by atoms with E-state index in [-0.39, 0.29) is 0 Å². The van der Waals surface area contributed by atoms with Crippen LogP contribution in [-0.4, -0.2) is 5.78 Å². The lowest BCUT2D eigenvalue weighted by atomic mass is 9.96. The Balaban J connectivity index is 1.85. The van der Waals surface area contributed by atoms with Crippen LogP contribution in [0.2, 0.25) is 0 Å². The van der Waals surface area contributed by atoms with E-state index in [0.29, 0.717) is 11.7 Å². The van der Waals surface area contributed by atoms with Crippen molar-refractivity contribution >= 4 is 5.78 Å². The number of ketones is 1. The maximum Gasteiger partial charge on any atom is 0.166 e. The van der Waals surface area contributed by atoms with E-state index >= 15 is 0 Å². The van der Waals surface area contributed by atoms with Gasteiger partial charge in [-0.15, -0.1) is 0 Å². The van der Waals surface area contributed by atoms with Gasteiger partial charge in [0.15, 0.2) is 5.78 Å². The summed E-state index contributed by atoms with van der Waals surface area (Å²) in [5.41, 5.74) is 3.35. The van der Waals surface area contributed by atoms with E-state index in [9.17, 15) is 4.79 Å². The third-order valence-electron chi connectivity index (χ3n) is 4.36. The lowest BCUT2D eigenvalue weighted by Crippen LogP contribution is -2.08. The smallest absolute Gasteiger partial charge is 0.166 e. The molecule has 1 nitrogen and oxygen atoms in total. The van der Waals surface area contributed by atoms with E-state index in [1.54, 1.807) is 0 Å². The van der Waals surface area contributed by atoms with Crippen LogP contribution in [0.3, 0.4) is 0 Å². The van der Waals surface area contributed by atoms with E-state index in [0.717, 1.165) is 23.0 Å².